The summed E-state index contributed by atoms with van der Waals surface area (Å²) in [4.78, 5) is 11.9. The lowest BCUT2D eigenvalue weighted by atomic mass is 9.92. The number of hydrogen-bond donors (Lipinski definition) is 1. The van der Waals surface area contributed by atoms with Gasteiger partial charge in [0.1, 0.15) is 5.75 Å². The number of hydrogen-bond acceptors (Lipinski definition) is 3. The molecule has 0 aromatic heterocycles. The lowest BCUT2D eigenvalue weighted by molar-refractivity contribution is -0.130. The average Bonchev–Trinajstić information content (AvgIpc) is 2.59. The van der Waals surface area contributed by atoms with Gasteiger partial charge in [-0.05, 0) is 42.2 Å². The molecule has 0 radical (unpaired) electrons. The molecule has 0 spiro atoms. The van der Waals surface area contributed by atoms with Gasteiger partial charge in [-0.1, -0.05) is 48.9 Å². The van der Waals surface area contributed by atoms with Crippen molar-refractivity contribution in [1.29, 1.82) is 0 Å². The monoisotopic (exact) mass is 326 g/mol. The Bertz CT molecular complexity index is 712. The van der Waals surface area contributed by atoms with Crippen LogP contribution >= 0.6 is 0 Å². The Morgan fingerprint density at radius 3 is 2.08 bits per heavy atom. The largest absolute Gasteiger partial charge is 0.478 e. The van der Waals surface area contributed by atoms with Crippen molar-refractivity contribution in [2.24, 2.45) is 0 Å². The molecule has 0 heterocycles. The van der Waals surface area contributed by atoms with Gasteiger partial charge >= 0.3 is 5.97 Å². The zero-order valence-electron chi connectivity index (χ0n) is 14.2. The highest BCUT2D eigenvalue weighted by molar-refractivity contribution is 6.23. The van der Waals surface area contributed by atoms with Crippen LogP contribution in [0.5, 0.6) is 5.75 Å². The molecule has 0 amide bonds. The molecule has 0 saturated carbocycles. The van der Waals surface area contributed by atoms with Crippen molar-refractivity contribution >= 4 is 17.1 Å². The van der Waals surface area contributed by atoms with Crippen LogP contribution in [0.15, 0.2) is 48.5 Å². The van der Waals surface area contributed by atoms with E-state index in [0.717, 1.165) is 16.7 Å². The van der Waals surface area contributed by atoms with E-state index in [9.17, 15) is 9.90 Å². The zero-order valence-corrected chi connectivity index (χ0v) is 14.2. The number of methoxy groups -OCH3 is 1. The maximum Gasteiger partial charge on any atom is 0.336 e. The molecular weight excluding hydrogens is 304 g/mol. The lowest BCUT2D eigenvalue weighted by Gasteiger charge is -2.13. The molecule has 4 nitrogen and oxygen atoms in total. The van der Waals surface area contributed by atoms with Crippen molar-refractivity contribution in [3.63, 3.8) is 0 Å². The second kappa shape index (κ2) is 8.31. The summed E-state index contributed by atoms with van der Waals surface area (Å²) in [5, 5.41) is 9.75. The fourth-order valence-corrected chi connectivity index (χ4v) is 2.55. The van der Waals surface area contributed by atoms with Crippen LogP contribution in [0.4, 0.5) is 0 Å². The fraction of sp³-hybridized carbons (Fsp3) is 0.250. The van der Waals surface area contributed by atoms with Crippen LogP contribution in [-0.2, 0) is 9.53 Å². The summed E-state index contributed by atoms with van der Waals surface area (Å²) in [6, 6.07) is 14.9. The number of benzene rings is 2. The topological polar surface area (TPSA) is 55.8 Å². The Balaban J connectivity index is 2.46. The summed E-state index contributed by atoms with van der Waals surface area (Å²) in [5.41, 5.74) is 3.86. The van der Waals surface area contributed by atoms with Crippen molar-refractivity contribution in [3.05, 3.63) is 65.2 Å². The normalized spacial score (nSPS) is 11.8. The second-order valence-corrected chi connectivity index (χ2v) is 5.45. The van der Waals surface area contributed by atoms with Crippen molar-refractivity contribution in [1.82, 2.24) is 0 Å². The Labute approximate surface area is 142 Å². The lowest BCUT2D eigenvalue weighted by Crippen LogP contribution is -2.04. The maximum absolute atomic E-state index is 11.9. The number of allylic oxidation sites excluding steroid dienone is 1. The maximum atomic E-state index is 11.9. The van der Waals surface area contributed by atoms with Crippen molar-refractivity contribution in [3.8, 4) is 5.75 Å². The number of ether oxygens (including phenoxy) is 2. The number of aliphatic carboxylic acids is 1. The number of aryl methyl sites for hydroxylation is 1. The summed E-state index contributed by atoms with van der Waals surface area (Å²) >= 11 is 0. The van der Waals surface area contributed by atoms with Gasteiger partial charge in [-0.25, -0.2) is 4.79 Å². The van der Waals surface area contributed by atoms with Gasteiger partial charge < -0.3 is 14.6 Å². The summed E-state index contributed by atoms with van der Waals surface area (Å²) in [6.07, 6.45) is 0.632. The summed E-state index contributed by atoms with van der Waals surface area (Å²) in [5.74, 6) is -0.295. The first-order valence-electron chi connectivity index (χ1n) is 7.82. The molecule has 2 aromatic carbocycles. The van der Waals surface area contributed by atoms with Crippen LogP contribution in [0.3, 0.4) is 0 Å². The van der Waals surface area contributed by atoms with E-state index in [1.54, 1.807) is 31.4 Å². The zero-order chi connectivity index (χ0) is 17.5. The molecule has 0 bridgehead atoms. The van der Waals surface area contributed by atoms with E-state index in [0.29, 0.717) is 23.3 Å². The van der Waals surface area contributed by atoms with Gasteiger partial charge in [-0.15, -0.1) is 0 Å². The SMILES string of the molecule is CC/C(=C(\C(=O)O)c1ccc(OCOC)cc1)c1ccc(C)cc1. The van der Waals surface area contributed by atoms with Gasteiger partial charge in [0, 0.05) is 7.11 Å². The van der Waals surface area contributed by atoms with Crippen molar-refractivity contribution in [2.45, 2.75) is 20.3 Å². The first-order chi connectivity index (χ1) is 11.6. The van der Waals surface area contributed by atoms with Crippen LogP contribution in [0.2, 0.25) is 0 Å². The third kappa shape index (κ3) is 4.24. The molecule has 2 aromatic rings. The first kappa shape index (κ1) is 17.8. The van der Waals surface area contributed by atoms with Crippen LogP contribution < -0.4 is 4.74 Å². The summed E-state index contributed by atoms with van der Waals surface area (Å²) in [7, 11) is 1.55. The highest BCUT2D eigenvalue weighted by Crippen LogP contribution is 2.30. The Hall–Kier alpha value is -2.59. The predicted molar refractivity (Wildman–Crippen MR) is 94.9 cm³/mol. The van der Waals surface area contributed by atoms with Crippen molar-refractivity contribution < 1.29 is 19.4 Å². The molecule has 0 saturated heterocycles. The smallest absolute Gasteiger partial charge is 0.336 e. The molecule has 0 aliphatic carbocycles. The third-order valence-corrected chi connectivity index (χ3v) is 3.76. The minimum absolute atomic E-state index is 0.157. The molecule has 0 unspecified atom stereocenters. The third-order valence-electron chi connectivity index (χ3n) is 3.76. The van der Waals surface area contributed by atoms with Gasteiger partial charge in [-0.3, -0.25) is 0 Å². The van der Waals surface area contributed by atoms with E-state index in [-0.39, 0.29) is 6.79 Å². The highest BCUT2D eigenvalue weighted by atomic mass is 16.7. The molecule has 0 aliphatic heterocycles. The van der Waals surface area contributed by atoms with Crippen molar-refractivity contribution in [2.75, 3.05) is 13.9 Å². The van der Waals surface area contributed by atoms with E-state index >= 15 is 0 Å². The molecule has 0 fully saturated rings. The number of carbonyl (C=O) groups is 1. The molecule has 24 heavy (non-hydrogen) atoms. The molecule has 1 N–H and O–H groups in total. The molecular formula is C20H22O4. The molecule has 0 aliphatic rings. The predicted octanol–water partition coefficient (Wildman–Crippen LogP) is 4.38. The minimum Gasteiger partial charge on any atom is -0.478 e. The van der Waals surface area contributed by atoms with Gasteiger partial charge in [-0.2, -0.15) is 0 Å². The van der Waals surface area contributed by atoms with Crippen LogP contribution in [0, 0.1) is 6.92 Å². The Morgan fingerprint density at radius 2 is 1.58 bits per heavy atom. The van der Waals surface area contributed by atoms with Crippen LogP contribution in [-0.4, -0.2) is 25.0 Å². The average molecular weight is 326 g/mol. The van der Waals surface area contributed by atoms with Gasteiger partial charge in [0.25, 0.3) is 0 Å². The molecule has 4 heteroatoms. The molecule has 2 rings (SSSR count). The first-order valence-corrected chi connectivity index (χ1v) is 7.82. The highest BCUT2D eigenvalue weighted by Gasteiger charge is 2.17. The molecule has 0 atom stereocenters. The number of rotatable bonds is 7. The standard InChI is InChI=1S/C20H22O4/c1-4-18(15-7-5-14(2)6-8-15)19(20(21)22)16-9-11-17(12-10-16)24-13-23-3/h5-12H,4,13H2,1-3H3,(H,21,22)/b19-18+. The van der Waals surface area contributed by atoms with E-state index < -0.39 is 5.97 Å². The second-order valence-electron chi connectivity index (χ2n) is 5.45. The van der Waals surface area contributed by atoms with E-state index in [4.69, 9.17) is 9.47 Å². The summed E-state index contributed by atoms with van der Waals surface area (Å²) in [6.45, 7) is 4.13. The Kier molecular flexibility index (Phi) is 6.15. The van der Waals surface area contributed by atoms with Crippen LogP contribution in [0.25, 0.3) is 11.1 Å². The van der Waals surface area contributed by atoms with E-state index in [2.05, 4.69) is 0 Å². The minimum atomic E-state index is -0.932. The molecule has 126 valence electrons. The van der Waals surface area contributed by atoms with Gasteiger partial charge in [0.05, 0.1) is 5.57 Å². The number of carboxylic acids is 1. The van der Waals surface area contributed by atoms with Crippen LogP contribution in [0.1, 0.15) is 30.0 Å². The van der Waals surface area contributed by atoms with E-state index in [1.165, 1.54) is 0 Å². The Morgan fingerprint density at radius 1 is 1.00 bits per heavy atom. The number of carboxylic acid groups (broad SMARTS) is 1. The summed E-state index contributed by atoms with van der Waals surface area (Å²) < 4.78 is 10.2. The van der Waals surface area contributed by atoms with E-state index in [1.807, 2.05) is 38.1 Å². The fourth-order valence-electron chi connectivity index (χ4n) is 2.55. The quantitative estimate of drug-likeness (QED) is 0.466. The van der Waals surface area contributed by atoms with Gasteiger partial charge in [0.15, 0.2) is 6.79 Å². The van der Waals surface area contributed by atoms with Gasteiger partial charge in [0.2, 0.25) is 0 Å².